The fourth-order valence-corrected chi connectivity index (χ4v) is 2.02. The van der Waals surface area contributed by atoms with Crippen LogP contribution < -0.4 is 0 Å². The second-order valence-corrected chi connectivity index (χ2v) is 5.21. The molecule has 0 aliphatic rings. The van der Waals surface area contributed by atoms with Gasteiger partial charge >= 0.3 is 5.97 Å². The molecule has 108 valence electrons. The van der Waals surface area contributed by atoms with Gasteiger partial charge in [-0.25, -0.2) is 0 Å². The predicted molar refractivity (Wildman–Crippen MR) is 83.2 cm³/mol. The van der Waals surface area contributed by atoms with E-state index < -0.39 is 11.9 Å². The quantitative estimate of drug-likeness (QED) is 0.363. The van der Waals surface area contributed by atoms with Crippen molar-refractivity contribution in [3.05, 3.63) is 60.2 Å². The molecular weight excluding hydrogens is 264 g/mol. The first kappa shape index (κ1) is 15.0. The summed E-state index contributed by atoms with van der Waals surface area (Å²) in [5.74, 6) is -1.56. The van der Waals surface area contributed by atoms with Crippen LogP contribution in [0.25, 0.3) is 10.8 Å². The van der Waals surface area contributed by atoms with Crippen LogP contribution in [0.5, 0.6) is 0 Å². The molecule has 1 unspecified atom stereocenters. The Kier molecular flexibility index (Phi) is 4.53. The molecule has 0 aromatic heterocycles. The van der Waals surface area contributed by atoms with Crippen LogP contribution >= 0.6 is 0 Å². The summed E-state index contributed by atoms with van der Waals surface area (Å²) in [6.07, 6.45) is 0. The molecule has 0 bridgehead atoms. The van der Waals surface area contributed by atoms with Crippen molar-refractivity contribution in [2.24, 2.45) is 5.92 Å². The average molecular weight is 282 g/mol. The Morgan fingerprint density at radius 2 is 1.81 bits per heavy atom. The second kappa shape index (κ2) is 6.35. The van der Waals surface area contributed by atoms with Gasteiger partial charge in [0, 0.05) is 5.56 Å². The first-order valence-electron chi connectivity index (χ1n) is 6.83. The number of esters is 1. The highest BCUT2D eigenvalue weighted by molar-refractivity contribution is 6.09. The lowest BCUT2D eigenvalue weighted by Crippen LogP contribution is -2.24. The zero-order chi connectivity index (χ0) is 15.4. The number of hydrogen-bond donors (Lipinski definition) is 0. The Bertz CT molecular complexity index is 700. The van der Waals surface area contributed by atoms with Gasteiger partial charge in [-0.1, -0.05) is 43.0 Å². The van der Waals surface area contributed by atoms with Crippen molar-refractivity contribution < 1.29 is 14.3 Å². The topological polar surface area (TPSA) is 43.4 Å². The van der Waals surface area contributed by atoms with Crippen molar-refractivity contribution in [2.45, 2.75) is 13.8 Å². The Hall–Kier alpha value is -2.42. The van der Waals surface area contributed by atoms with Gasteiger partial charge in [-0.05, 0) is 36.3 Å². The van der Waals surface area contributed by atoms with Crippen LogP contribution in [-0.2, 0) is 9.53 Å². The van der Waals surface area contributed by atoms with Crippen LogP contribution in [0.3, 0.4) is 0 Å². The zero-order valence-electron chi connectivity index (χ0n) is 12.3. The van der Waals surface area contributed by atoms with Gasteiger partial charge in [0.1, 0.15) is 12.5 Å². The Morgan fingerprint density at radius 3 is 2.48 bits per heavy atom. The maximum atomic E-state index is 12.4. The van der Waals surface area contributed by atoms with Crippen LogP contribution in [0, 0.1) is 5.92 Å². The molecule has 21 heavy (non-hydrogen) atoms. The zero-order valence-corrected chi connectivity index (χ0v) is 12.3. The number of fused-ring (bicyclic) bond motifs is 1. The minimum absolute atomic E-state index is 0.147. The monoisotopic (exact) mass is 282 g/mol. The molecule has 0 N–H and O–H groups in total. The van der Waals surface area contributed by atoms with E-state index in [1.165, 1.54) is 0 Å². The summed E-state index contributed by atoms with van der Waals surface area (Å²) >= 11 is 0. The fourth-order valence-electron chi connectivity index (χ4n) is 2.02. The Balaban J connectivity index is 2.17. The third kappa shape index (κ3) is 3.57. The molecular formula is C18H18O3. The molecule has 0 aliphatic heterocycles. The van der Waals surface area contributed by atoms with Gasteiger partial charge in [-0.3, -0.25) is 9.59 Å². The number of carbonyl (C=O) groups excluding carboxylic acids is 2. The number of ketones is 1. The molecule has 0 radical (unpaired) electrons. The minimum atomic E-state index is -0.814. The van der Waals surface area contributed by atoms with Crippen LogP contribution in [0.4, 0.5) is 0 Å². The molecule has 0 amide bonds. The van der Waals surface area contributed by atoms with Crippen LogP contribution in [0.2, 0.25) is 0 Å². The van der Waals surface area contributed by atoms with E-state index in [9.17, 15) is 9.59 Å². The number of carbonyl (C=O) groups is 2. The van der Waals surface area contributed by atoms with Gasteiger partial charge < -0.3 is 4.74 Å². The predicted octanol–water partition coefficient (Wildman–Crippen LogP) is 3.78. The van der Waals surface area contributed by atoms with Crippen molar-refractivity contribution in [1.29, 1.82) is 0 Å². The van der Waals surface area contributed by atoms with Gasteiger partial charge in [-0.2, -0.15) is 0 Å². The molecule has 1 atom stereocenters. The summed E-state index contributed by atoms with van der Waals surface area (Å²) in [4.78, 5) is 24.2. The minimum Gasteiger partial charge on any atom is -0.461 e. The van der Waals surface area contributed by atoms with E-state index in [2.05, 4.69) is 6.58 Å². The summed E-state index contributed by atoms with van der Waals surface area (Å²) in [5, 5.41) is 2.04. The largest absolute Gasteiger partial charge is 0.461 e. The fraction of sp³-hybridized carbons (Fsp3) is 0.222. The first-order chi connectivity index (χ1) is 9.99. The van der Waals surface area contributed by atoms with Crippen molar-refractivity contribution >= 4 is 22.5 Å². The molecule has 2 rings (SSSR count). The van der Waals surface area contributed by atoms with E-state index in [-0.39, 0.29) is 12.4 Å². The van der Waals surface area contributed by atoms with E-state index in [1.807, 2.05) is 30.3 Å². The standard InChI is InChI=1S/C18H18O3/c1-12(2)11-21-18(20)13(3)17(19)16-9-8-14-6-4-5-7-15(14)10-16/h4-10,13H,1,11H2,2-3H3. The smallest absolute Gasteiger partial charge is 0.316 e. The summed E-state index contributed by atoms with van der Waals surface area (Å²) in [6, 6.07) is 13.2. The number of Topliss-reactive ketones (excluding diaryl/α,β-unsaturated/α-hetero) is 1. The molecule has 0 spiro atoms. The summed E-state index contributed by atoms with van der Waals surface area (Å²) in [5.41, 5.74) is 1.27. The van der Waals surface area contributed by atoms with Gasteiger partial charge in [0.15, 0.2) is 5.78 Å². The number of hydrogen-bond acceptors (Lipinski definition) is 3. The van der Waals surface area contributed by atoms with Crippen molar-refractivity contribution in [3.8, 4) is 0 Å². The van der Waals surface area contributed by atoms with Crippen LogP contribution in [0.1, 0.15) is 24.2 Å². The number of benzene rings is 2. The van der Waals surface area contributed by atoms with Crippen molar-refractivity contribution in [3.63, 3.8) is 0 Å². The molecule has 3 nitrogen and oxygen atoms in total. The maximum absolute atomic E-state index is 12.4. The van der Waals surface area contributed by atoms with Crippen molar-refractivity contribution in [1.82, 2.24) is 0 Å². The van der Waals surface area contributed by atoms with E-state index in [0.29, 0.717) is 5.56 Å². The molecule has 2 aromatic rings. The van der Waals surface area contributed by atoms with E-state index in [0.717, 1.165) is 16.3 Å². The summed E-state index contributed by atoms with van der Waals surface area (Å²) in [6.45, 7) is 7.14. The van der Waals surface area contributed by atoms with Gasteiger partial charge in [-0.15, -0.1) is 0 Å². The molecule has 3 heteroatoms. The second-order valence-electron chi connectivity index (χ2n) is 5.21. The third-order valence-corrected chi connectivity index (χ3v) is 3.24. The molecule has 0 saturated carbocycles. The normalized spacial score (nSPS) is 11.9. The molecule has 0 saturated heterocycles. The lowest BCUT2D eigenvalue weighted by molar-refractivity contribution is -0.145. The molecule has 2 aromatic carbocycles. The number of ether oxygens (including phenoxy) is 1. The Labute approximate surface area is 124 Å². The summed E-state index contributed by atoms with van der Waals surface area (Å²) < 4.78 is 5.04. The lowest BCUT2D eigenvalue weighted by Gasteiger charge is -2.11. The highest BCUT2D eigenvalue weighted by atomic mass is 16.5. The van der Waals surface area contributed by atoms with Crippen LogP contribution in [0.15, 0.2) is 54.6 Å². The molecule has 0 fully saturated rings. The van der Waals surface area contributed by atoms with Crippen LogP contribution in [-0.4, -0.2) is 18.4 Å². The van der Waals surface area contributed by atoms with Gasteiger partial charge in [0.05, 0.1) is 0 Å². The SMILES string of the molecule is C=C(C)COC(=O)C(C)C(=O)c1ccc2ccccc2c1. The van der Waals surface area contributed by atoms with Crippen molar-refractivity contribution in [2.75, 3.05) is 6.61 Å². The molecule has 0 heterocycles. The third-order valence-electron chi connectivity index (χ3n) is 3.24. The summed E-state index contributed by atoms with van der Waals surface area (Å²) in [7, 11) is 0. The van der Waals surface area contributed by atoms with E-state index in [4.69, 9.17) is 4.74 Å². The average Bonchev–Trinajstić information content (AvgIpc) is 2.50. The first-order valence-corrected chi connectivity index (χ1v) is 6.83. The number of rotatable bonds is 5. The van der Waals surface area contributed by atoms with E-state index in [1.54, 1.807) is 26.0 Å². The maximum Gasteiger partial charge on any atom is 0.316 e. The lowest BCUT2D eigenvalue weighted by atomic mass is 9.97. The highest BCUT2D eigenvalue weighted by Gasteiger charge is 2.24. The molecule has 0 aliphatic carbocycles. The highest BCUT2D eigenvalue weighted by Crippen LogP contribution is 2.18. The van der Waals surface area contributed by atoms with Gasteiger partial charge in [0.25, 0.3) is 0 Å². The van der Waals surface area contributed by atoms with E-state index >= 15 is 0 Å². The Morgan fingerprint density at radius 1 is 1.14 bits per heavy atom. The van der Waals surface area contributed by atoms with Gasteiger partial charge in [0.2, 0.25) is 0 Å².